The Balaban J connectivity index is 2.71. The molecule has 2 nitrogen and oxygen atoms in total. The zero-order valence-electron chi connectivity index (χ0n) is 6.58. The maximum absolute atomic E-state index is 10.8. The third-order valence-corrected chi connectivity index (χ3v) is 1.36. The summed E-state index contributed by atoms with van der Waals surface area (Å²) < 4.78 is 0. The highest BCUT2D eigenvalue weighted by Crippen LogP contribution is 2.02. The summed E-state index contributed by atoms with van der Waals surface area (Å²) in [4.78, 5) is 10.8. The average Bonchev–Trinajstić information content (AvgIpc) is 2.09. The van der Waals surface area contributed by atoms with E-state index in [1.54, 1.807) is 24.3 Å². The lowest BCUT2D eigenvalue weighted by Gasteiger charge is -2.01. The summed E-state index contributed by atoms with van der Waals surface area (Å²) >= 11 is 0. The summed E-state index contributed by atoms with van der Waals surface area (Å²) in [5, 5.41) is 2.61. The van der Waals surface area contributed by atoms with Crippen molar-refractivity contribution in [3.8, 4) is 0 Å². The number of rotatable bonds is 2. The van der Waals surface area contributed by atoms with E-state index in [4.69, 9.17) is 7.85 Å². The van der Waals surface area contributed by atoms with Crippen molar-refractivity contribution in [2.45, 2.75) is 0 Å². The Bertz CT molecular complexity index is 292. The number of amides is 1. The lowest BCUT2D eigenvalue weighted by Crippen LogP contribution is -2.08. The number of hydrogen-bond donors (Lipinski definition) is 1. The zero-order chi connectivity index (χ0) is 8.97. The molecule has 0 atom stereocenters. The number of benzene rings is 1. The Morgan fingerprint density at radius 3 is 2.50 bits per heavy atom. The van der Waals surface area contributed by atoms with Crippen LogP contribution in [0.4, 0.5) is 5.69 Å². The Morgan fingerprint density at radius 1 is 1.42 bits per heavy atom. The van der Waals surface area contributed by atoms with Crippen molar-refractivity contribution in [2.24, 2.45) is 0 Å². The van der Waals surface area contributed by atoms with Crippen LogP contribution in [0.3, 0.4) is 0 Å². The maximum Gasteiger partial charge on any atom is 0.247 e. The lowest BCUT2D eigenvalue weighted by molar-refractivity contribution is -0.111. The van der Waals surface area contributed by atoms with Gasteiger partial charge in [0.2, 0.25) is 5.91 Å². The van der Waals surface area contributed by atoms with E-state index < -0.39 is 0 Å². The first kappa shape index (κ1) is 8.59. The second-order valence-corrected chi connectivity index (χ2v) is 2.32. The number of anilines is 1. The van der Waals surface area contributed by atoms with E-state index in [1.165, 1.54) is 6.08 Å². The minimum atomic E-state index is -0.222. The Hall–Kier alpha value is -1.51. The van der Waals surface area contributed by atoms with Gasteiger partial charge in [-0.3, -0.25) is 4.79 Å². The number of nitrogens with one attached hydrogen (secondary N) is 1. The van der Waals surface area contributed by atoms with Crippen LogP contribution >= 0.6 is 0 Å². The molecule has 12 heavy (non-hydrogen) atoms. The monoisotopic (exact) mass is 157 g/mol. The molecule has 1 amide bonds. The van der Waals surface area contributed by atoms with Gasteiger partial charge in [0.05, 0.1) is 0 Å². The molecule has 0 saturated carbocycles. The van der Waals surface area contributed by atoms with Gasteiger partial charge in [0.1, 0.15) is 7.85 Å². The molecule has 0 aromatic heterocycles. The van der Waals surface area contributed by atoms with E-state index in [9.17, 15) is 4.79 Å². The predicted octanol–water partition coefficient (Wildman–Crippen LogP) is 0.605. The third-order valence-electron chi connectivity index (χ3n) is 1.36. The SMILES string of the molecule is [B]c1ccc(NC(=O)C=C)cc1. The number of carbonyl (C=O) groups is 1. The topological polar surface area (TPSA) is 29.1 Å². The van der Waals surface area contributed by atoms with Gasteiger partial charge in [-0.15, -0.1) is 0 Å². The number of carbonyl (C=O) groups excluding carboxylic acids is 1. The van der Waals surface area contributed by atoms with E-state index in [-0.39, 0.29) is 5.91 Å². The molecular formula is C9H8BNO. The van der Waals surface area contributed by atoms with Gasteiger partial charge < -0.3 is 5.32 Å². The largest absolute Gasteiger partial charge is 0.323 e. The summed E-state index contributed by atoms with van der Waals surface area (Å²) in [5.74, 6) is -0.222. The molecule has 0 aliphatic rings. The van der Waals surface area contributed by atoms with Gasteiger partial charge in [-0.25, -0.2) is 0 Å². The average molecular weight is 157 g/mol. The summed E-state index contributed by atoms with van der Waals surface area (Å²) in [6.45, 7) is 3.34. The summed E-state index contributed by atoms with van der Waals surface area (Å²) in [6, 6.07) is 6.91. The van der Waals surface area contributed by atoms with Crippen LogP contribution in [0.1, 0.15) is 0 Å². The molecule has 0 fully saturated rings. The molecule has 58 valence electrons. The van der Waals surface area contributed by atoms with Crippen LogP contribution < -0.4 is 10.8 Å². The van der Waals surface area contributed by atoms with Crippen molar-refractivity contribution < 1.29 is 4.79 Å². The summed E-state index contributed by atoms with van der Waals surface area (Å²) in [5.41, 5.74) is 1.39. The van der Waals surface area contributed by atoms with Gasteiger partial charge >= 0.3 is 0 Å². The maximum atomic E-state index is 10.8. The highest BCUT2D eigenvalue weighted by Gasteiger charge is 1.94. The molecule has 2 radical (unpaired) electrons. The van der Waals surface area contributed by atoms with Gasteiger partial charge in [-0.05, 0) is 18.2 Å². The van der Waals surface area contributed by atoms with Crippen LogP contribution in [0.5, 0.6) is 0 Å². The molecule has 0 bridgehead atoms. The molecule has 0 heterocycles. The van der Waals surface area contributed by atoms with Crippen LogP contribution in [0.25, 0.3) is 0 Å². The van der Waals surface area contributed by atoms with Gasteiger partial charge in [-0.1, -0.05) is 24.2 Å². The fourth-order valence-electron chi connectivity index (χ4n) is 0.760. The van der Waals surface area contributed by atoms with Gasteiger partial charge in [0.15, 0.2) is 0 Å². The van der Waals surface area contributed by atoms with E-state index in [0.717, 1.165) is 0 Å². The molecule has 1 aromatic carbocycles. The minimum Gasteiger partial charge on any atom is -0.323 e. The molecule has 0 aliphatic heterocycles. The van der Waals surface area contributed by atoms with Crippen LogP contribution in [0, 0.1) is 0 Å². The molecule has 3 heteroatoms. The minimum absolute atomic E-state index is 0.222. The molecule has 0 aliphatic carbocycles. The first-order valence-electron chi connectivity index (χ1n) is 3.51. The Kier molecular flexibility index (Phi) is 2.69. The van der Waals surface area contributed by atoms with Crippen molar-refractivity contribution in [3.05, 3.63) is 36.9 Å². The molecular weight excluding hydrogens is 149 g/mol. The van der Waals surface area contributed by atoms with Crippen LogP contribution in [0.2, 0.25) is 0 Å². The number of hydrogen-bond acceptors (Lipinski definition) is 1. The highest BCUT2D eigenvalue weighted by molar-refractivity contribution is 6.32. The van der Waals surface area contributed by atoms with Crippen molar-refractivity contribution in [3.63, 3.8) is 0 Å². The van der Waals surface area contributed by atoms with E-state index in [2.05, 4.69) is 11.9 Å². The third kappa shape index (κ3) is 2.27. The van der Waals surface area contributed by atoms with Crippen molar-refractivity contribution >= 4 is 24.9 Å². The summed E-state index contributed by atoms with van der Waals surface area (Å²) in [7, 11) is 5.46. The molecule has 0 spiro atoms. The Labute approximate surface area is 72.7 Å². The normalized spacial score (nSPS) is 9.00. The van der Waals surface area contributed by atoms with Crippen molar-refractivity contribution in [1.29, 1.82) is 0 Å². The van der Waals surface area contributed by atoms with E-state index in [0.29, 0.717) is 11.2 Å². The van der Waals surface area contributed by atoms with Crippen LogP contribution in [-0.2, 0) is 4.79 Å². The van der Waals surface area contributed by atoms with E-state index >= 15 is 0 Å². The second-order valence-electron chi connectivity index (χ2n) is 2.32. The summed E-state index contributed by atoms with van der Waals surface area (Å²) in [6.07, 6.45) is 1.22. The van der Waals surface area contributed by atoms with Crippen molar-refractivity contribution in [2.75, 3.05) is 5.32 Å². The Morgan fingerprint density at radius 2 is 2.00 bits per heavy atom. The van der Waals surface area contributed by atoms with Gasteiger partial charge in [0.25, 0.3) is 0 Å². The second kappa shape index (κ2) is 3.76. The van der Waals surface area contributed by atoms with Crippen LogP contribution in [-0.4, -0.2) is 13.8 Å². The van der Waals surface area contributed by atoms with Crippen LogP contribution in [0.15, 0.2) is 36.9 Å². The molecule has 1 aromatic rings. The zero-order valence-corrected chi connectivity index (χ0v) is 6.58. The van der Waals surface area contributed by atoms with E-state index in [1.807, 2.05) is 0 Å². The molecule has 0 unspecified atom stereocenters. The quantitative estimate of drug-likeness (QED) is 0.494. The van der Waals surface area contributed by atoms with Crippen molar-refractivity contribution in [1.82, 2.24) is 0 Å². The van der Waals surface area contributed by atoms with Gasteiger partial charge in [-0.2, -0.15) is 0 Å². The van der Waals surface area contributed by atoms with Gasteiger partial charge in [0, 0.05) is 5.69 Å². The fourth-order valence-corrected chi connectivity index (χ4v) is 0.760. The highest BCUT2D eigenvalue weighted by atomic mass is 16.1. The standard InChI is InChI=1S/C9H8BNO/c1-2-9(12)11-8-5-3-7(10)4-6-8/h2-6H,1H2,(H,11,12). The fraction of sp³-hybridized carbons (Fsp3) is 0. The first-order chi connectivity index (χ1) is 5.72. The molecule has 0 saturated heterocycles. The molecule has 1 rings (SSSR count). The molecule has 1 N–H and O–H groups in total. The lowest BCUT2D eigenvalue weighted by atomic mass is 9.96. The predicted molar refractivity (Wildman–Crippen MR) is 50.7 cm³/mol. The first-order valence-corrected chi connectivity index (χ1v) is 3.51. The smallest absolute Gasteiger partial charge is 0.247 e.